The van der Waals surface area contributed by atoms with Crippen LogP contribution in [0.2, 0.25) is 0 Å². The molecular formula is C43H66N2. The van der Waals surface area contributed by atoms with Crippen molar-refractivity contribution in [3.8, 4) is 0 Å². The summed E-state index contributed by atoms with van der Waals surface area (Å²) in [5.74, 6) is 0. The predicted molar refractivity (Wildman–Crippen MR) is 197 cm³/mol. The van der Waals surface area contributed by atoms with Gasteiger partial charge in [0.05, 0.1) is 0 Å². The van der Waals surface area contributed by atoms with Crippen molar-refractivity contribution >= 4 is 11.4 Å². The summed E-state index contributed by atoms with van der Waals surface area (Å²) in [5.41, 5.74) is 19.6. The Bertz CT molecular complexity index is 1140. The molecule has 0 amide bonds. The van der Waals surface area contributed by atoms with Gasteiger partial charge < -0.3 is 5.53 Å². The van der Waals surface area contributed by atoms with Crippen LogP contribution in [-0.4, -0.2) is 4.70 Å². The maximum atomic E-state index is 11.5. The van der Waals surface area contributed by atoms with Gasteiger partial charge >= 0.3 is 0 Å². The average molecular weight is 611 g/mol. The molecule has 0 fully saturated rings. The molecule has 2 aromatic carbocycles. The summed E-state index contributed by atoms with van der Waals surface area (Å²) in [4.78, 5) is 0. The van der Waals surface area contributed by atoms with E-state index in [1.165, 1.54) is 156 Å². The van der Waals surface area contributed by atoms with Gasteiger partial charge in [0, 0.05) is 22.8 Å². The summed E-state index contributed by atoms with van der Waals surface area (Å²) >= 11 is 0. The van der Waals surface area contributed by atoms with Gasteiger partial charge in [0.2, 0.25) is 11.4 Å². The molecule has 1 heterocycles. The first kappa shape index (κ1) is 37.0. The smallest absolute Gasteiger partial charge is 0.210 e. The fraction of sp³-hybridized carbons (Fsp3) is 0.628. The SMILES string of the molecule is CCCCCCCCCCCCCCCCCCCC1=C(c2ccc(CCCC)cc2)[N+](=[N-])C(c2ccc(CCCC)cc2)=C1. The Labute approximate surface area is 278 Å². The van der Waals surface area contributed by atoms with Gasteiger partial charge in [-0.3, -0.25) is 0 Å². The van der Waals surface area contributed by atoms with Gasteiger partial charge in [-0.1, -0.05) is 161 Å². The Morgan fingerprint density at radius 2 is 0.800 bits per heavy atom. The molecule has 2 aromatic rings. The van der Waals surface area contributed by atoms with Crippen LogP contribution in [0.25, 0.3) is 16.9 Å². The second kappa shape index (κ2) is 22.9. The van der Waals surface area contributed by atoms with Gasteiger partial charge in [-0.15, -0.1) is 0 Å². The van der Waals surface area contributed by atoms with Crippen LogP contribution in [-0.2, 0) is 12.8 Å². The third-order valence-corrected chi connectivity index (χ3v) is 9.72. The highest BCUT2D eigenvalue weighted by Gasteiger charge is 2.28. The lowest BCUT2D eigenvalue weighted by Gasteiger charge is -2.11. The van der Waals surface area contributed by atoms with Crippen molar-refractivity contribution in [2.45, 2.75) is 175 Å². The lowest BCUT2D eigenvalue weighted by molar-refractivity contribution is -0.344. The lowest BCUT2D eigenvalue weighted by atomic mass is 9.99. The van der Waals surface area contributed by atoms with E-state index < -0.39 is 0 Å². The van der Waals surface area contributed by atoms with Crippen molar-refractivity contribution < 1.29 is 4.70 Å². The molecule has 1 aliphatic heterocycles. The van der Waals surface area contributed by atoms with E-state index >= 15 is 0 Å². The number of benzene rings is 2. The van der Waals surface area contributed by atoms with Crippen LogP contribution in [0.3, 0.4) is 0 Å². The molecular weight excluding hydrogens is 544 g/mol. The van der Waals surface area contributed by atoms with Gasteiger partial charge in [0.15, 0.2) is 0 Å². The zero-order valence-electron chi connectivity index (χ0n) is 29.6. The highest BCUT2D eigenvalue weighted by Crippen LogP contribution is 2.37. The zero-order chi connectivity index (χ0) is 32.0. The van der Waals surface area contributed by atoms with Gasteiger partial charge in [-0.25, -0.2) is 4.70 Å². The summed E-state index contributed by atoms with van der Waals surface area (Å²) in [6, 6.07) is 17.8. The Balaban J connectivity index is 1.43. The number of rotatable bonds is 26. The minimum absolute atomic E-state index is 0.907. The van der Waals surface area contributed by atoms with E-state index in [4.69, 9.17) is 0 Å². The number of nitrogens with zero attached hydrogens (tertiary/aromatic N) is 2. The van der Waals surface area contributed by atoms with Crippen LogP contribution in [0.1, 0.15) is 184 Å². The molecule has 0 saturated heterocycles. The molecule has 45 heavy (non-hydrogen) atoms. The average Bonchev–Trinajstić information content (AvgIpc) is 3.40. The van der Waals surface area contributed by atoms with Crippen molar-refractivity contribution in [3.05, 3.63) is 88.0 Å². The molecule has 248 valence electrons. The van der Waals surface area contributed by atoms with Crippen molar-refractivity contribution in [1.29, 1.82) is 0 Å². The largest absolute Gasteiger partial charge is 0.493 e. The maximum Gasteiger partial charge on any atom is 0.210 e. The lowest BCUT2D eigenvalue weighted by Crippen LogP contribution is -2.02. The molecule has 1 aliphatic rings. The fourth-order valence-electron chi connectivity index (χ4n) is 6.73. The number of unbranched alkanes of at least 4 members (excludes halogenated alkanes) is 18. The van der Waals surface area contributed by atoms with E-state index in [9.17, 15) is 5.53 Å². The van der Waals surface area contributed by atoms with Gasteiger partial charge in [0.1, 0.15) is 0 Å². The number of hydrogen-bond acceptors (Lipinski definition) is 0. The Kier molecular flexibility index (Phi) is 18.8. The Hall–Kier alpha value is -2.48. The van der Waals surface area contributed by atoms with Crippen LogP contribution in [0.15, 0.2) is 60.2 Å². The summed E-state index contributed by atoms with van der Waals surface area (Å²) in [5, 5.41) is 0. The first-order valence-corrected chi connectivity index (χ1v) is 19.3. The highest BCUT2D eigenvalue weighted by molar-refractivity contribution is 5.78. The second-order valence-corrected chi connectivity index (χ2v) is 13.7. The van der Waals surface area contributed by atoms with Crippen LogP contribution >= 0.6 is 0 Å². The van der Waals surface area contributed by atoms with Crippen molar-refractivity contribution in [3.63, 3.8) is 0 Å². The van der Waals surface area contributed by atoms with Crippen molar-refractivity contribution in [2.75, 3.05) is 0 Å². The zero-order valence-corrected chi connectivity index (χ0v) is 29.6. The van der Waals surface area contributed by atoms with Gasteiger partial charge in [-0.2, -0.15) is 0 Å². The molecule has 0 saturated carbocycles. The van der Waals surface area contributed by atoms with E-state index in [2.05, 4.69) is 75.4 Å². The molecule has 0 aliphatic carbocycles. The molecule has 0 bridgehead atoms. The van der Waals surface area contributed by atoms with E-state index in [-0.39, 0.29) is 0 Å². The van der Waals surface area contributed by atoms with Crippen LogP contribution < -0.4 is 0 Å². The van der Waals surface area contributed by atoms with E-state index in [0.717, 1.165) is 41.8 Å². The first-order valence-electron chi connectivity index (χ1n) is 19.3. The summed E-state index contributed by atoms with van der Waals surface area (Å²) in [6.45, 7) is 6.79. The second-order valence-electron chi connectivity index (χ2n) is 13.7. The van der Waals surface area contributed by atoms with Crippen LogP contribution in [0.5, 0.6) is 0 Å². The van der Waals surface area contributed by atoms with Crippen LogP contribution in [0, 0.1) is 0 Å². The van der Waals surface area contributed by atoms with Crippen molar-refractivity contribution in [2.24, 2.45) is 0 Å². The molecule has 0 atom stereocenters. The third kappa shape index (κ3) is 13.8. The van der Waals surface area contributed by atoms with Crippen LogP contribution in [0.4, 0.5) is 0 Å². The summed E-state index contributed by atoms with van der Waals surface area (Å²) in [6.07, 6.45) is 34.0. The topological polar surface area (TPSA) is 25.3 Å². The fourth-order valence-corrected chi connectivity index (χ4v) is 6.73. The number of hydrogen-bond donors (Lipinski definition) is 0. The molecule has 0 radical (unpaired) electrons. The minimum atomic E-state index is 0.907. The minimum Gasteiger partial charge on any atom is -0.493 e. The van der Waals surface area contributed by atoms with E-state index in [0.29, 0.717) is 0 Å². The predicted octanol–water partition coefficient (Wildman–Crippen LogP) is 14.2. The highest BCUT2D eigenvalue weighted by atomic mass is 15.2. The quantitative estimate of drug-likeness (QED) is 0.0748. The van der Waals surface area contributed by atoms with Gasteiger partial charge in [-0.05, 0) is 73.9 Å². The Morgan fingerprint density at radius 1 is 0.422 bits per heavy atom. The van der Waals surface area contributed by atoms with E-state index in [1.54, 1.807) is 0 Å². The number of allylic oxidation sites excluding steroid dienone is 2. The monoisotopic (exact) mass is 611 g/mol. The molecule has 0 spiro atoms. The van der Waals surface area contributed by atoms with Gasteiger partial charge in [0.25, 0.3) is 0 Å². The Morgan fingerprint density at radius 3 is 1.22 bits per heavy atom. The maximum absolute atomic E-state index is 11.5. The summed E-state index contributed by atoms with van der Waals surface area (Å²) < 4.78 is 1.46. The molecule has 0 unspecified atom stereocenters. The number of aryl methyl sites for hydroxylation is 2. The van der Waals surface area contributed by atoms with Crippen molar-refractivity contribution in [1.82, 2.24) is 0 Å². The standard InChI is InChI=1S/C43H66N2/c1-4-7-10-11-12-13-14-15-16-17-18-19-20-21-22-23-24-27-41-36-42(39-32-28-37(29-33-39)25-8-5-2)45(44)43(41)40-34-30-38(31-35-40)26-9-6-3/h28-36H,4-27H2,1-3H3. The normalized spacial score (nSPS) is 13.2. The third-order valence-electron chi connectivity index (χ3n) is 9.72. The molecule has 0 N–H and O–H groups in total. The molecule has 0 aromatic heterocycles. The molecule has 2 nitrogen and oxygen atoms in total. The first-order chi connectivity index (χ1) is 22.2. The van der Waals surface area contributed by atoms with E-state index in [1.807, 2.05) is 0 Å². The summed E-state index contributed by atoms with van der Waals surface area (Å²) in [7, 11) is 0. The molecule has 3 rings (SSSR count). The molecule has 2 heteroatoms.